The third-order valence-electron chi connectivity index (χ3n) is 3.61. The number of carbonyl (C=O) groups excluding carboxylic acids is 1. The lowest BCUT2D eigenvalue weighted by Gasteiger charge is -2.15. The second-order valence-corrected chi connectivity index (χ2v) is 6.77. The van der Waals surface area contributed by atoms with Gasteiger partial charge in [0.2, 0.25) is 5.91 Å². The second-order valence-electron chi connectivity index (χ2n) is 5.31. The normalized spacial score (nSPS) is 12.2. The highest BCUT2D eigenvalue weighted by atomic mass is 32.1. The second kappa shape index (κ2) is 6.87. The molecule has 0 aliphatic heterocycles. The maximum absolute atomic E-state index is 12.2. The largest absolute Gasteiger partial charge is 0.349 e. The molecule has 3 nitrogen and oxygen atoms in total. The summed E-state index contributed by atoms with van der Waals surface area (Å²) in [6, 6.07) is 10.0. The molecule has 2 rings (SSSR count). The molecule has 0 aliphatic carbocycles. The van der Waals surface area contributed by atoms with E-state index in [0.717, 1.165) is 11.1 Å². The van der Waals surface area contributed by atoms with Crippen molar-refractivity contribution in [2.24, 2.45) is 5.73 Å². The molecule has 0 fully saturated rings. The Bertz CT molecular complexity index is 633. The molecule has 0 aliphatic rings. The number of amides is 1. The Morgan fingerprint density at radius 1 is 1.29 bits per heavy atom. The van der Waals surface area contributed by atoms with Gasteiger partial charge in [-0.25, -0.2) is 0 Å². The first-order valence-corrected chi connectivity index (χ1v) is 7.96. The number of nitrogens with one attached hydrogen (secondary N) is 1. The molecule has 2 aromatic rings. The number of thiophene rings is 1. The van der Waals surface area contributed by atoms with E-state index in [0.29, 0.717) is 13.0 Å². The highest BCUT2D eigenvalue weighted by molar-refractivity contribution is 7.12. The first-order chi connectivity index (χ1) is 10.0. The van der Waals surface area contributed by atoms with Crippen molar-refractivity contribution in [3.63, 3.8) is 0 Å². The average molecular weight is 302 g/mol. The lowest BCUT2D eigenvalue weighted by molar-refractivity contribution is -0.121. The SMILES string of the molecule is Cc1cc(C(C)NC(=O)Cc2ccccc2CN)c(C)s1. The van der Waals surface area contributed by atoms with Crippen LogP contribution in [0.25, 0.3) is 0 Å². The van der Waals surface area contributed by atoms with Gasteiger partial charge in [-0.3, -0.25) is 4.79 Å². The van der Waals surface area contributed by atoms with Crippen molar-refractivity contribution in [3.05, 3.63) is 56.8 Å². The quantitative estimate of drug-likeness (QED) is 0.891. The van der Waals surface area contributed by atoms with Crippen molar-refractivity contribution >= 4 is 17.2 Å². The van der Waals surface area contributed by atoms with E-state index in [1.54, 1.807) is 11.3 Å². The van der Waals surface area contributed by atoms with E-state index in [2.05, 4.69) is 25.2 Å². The molecule has 1 atom stereocenters. The topological polar surface area (TPSA) is 55.1 Å². The zero-order valence-electron chi connectivity index (χ0n) is 12.8. The van der Waals surface area contributed by atoms with E-state index in [-0.39, 0.29) is 11.9 Å². The van der Waals surface area contributed by atoms with Gasteiger partial charge in [0.05, 0.1) is 12.5 Å². The predicted molar refractivity (Wildman–Crippen MR) is 88.4 cm³/mol. The predicted octanol–water partition coefficient (Wildman–Crippen LogP) is 3.24. The van der Waals surface area contributed by atoms with Crippen molar-refractivity contribution in [2.45, 2.75) is 39.8 Å². The standard InChI is InChI=1S/C17H22N2OS/c1-11-8-16(13(3)21-11)12(2)19-17(20)9-14-6-4-5-7-15(14)10-18/h4-8,12H,9-10,18H2,1-3H3,(H,19,20). The summed E-state index contributed by atoms with van der Waals surface area (Å²) in [4.78, 5) is 14.8. The van der Waals surface area contributed by atoms with Crippen LogP contribution in [0.1, 0.15) is 39.4 Å². The summed E-state index contributed by atoms with van der Waals surface area (Å²) < 4.78 is 0. The van der Waals surface area contributed by atoms with E-state index in [1.165, 1.54) is 15.3 Å². The van der Waals surface area contributed by atoms with Crippen LogP contribution in [0.5, 0.6) is 0 Å². The fourth-order valence-electron chi connectivity index (χ4n) is 2.55. The van der Waals surface area contributed by atoms with Crippen LogP contribution in [0.2, 0.25) is 0 Å². The molecule has 1 heterocycles. The summed E-state index contributed by atoms with van der Waals surface area (Å²) in [5, 5.41) is 3.08. The molecule has 0 saturated carbocycles. The summed E-state index contributed by atoms with van der Waals surface area (Å²) >= 11 is 1.77. The first-order valence-electron chi connectivity index (χ1n) is 7.14. The van der Waals surface area contributed by atoms with Gasteiger partial charge in [-0.1, -0.05) is 24.3 Å². The van der Waals surface area contributed by atoms with Crippen molar-refractivity contribution in [3.8, 4) is 0 Å². The molecule has 1 amide bonds. The molecule has 3 N–H and O–H groups in total. The van der Waals surface area contributed by atoms with Crippen LogP contribution in [-0.2, 0) is 17.8 Å². The van der Waals surface area contributed by atoms with E-state index in [9.17, 15) is 4.79 Å². The molecular formula is C17H22N2OS. The number of hydrogen-bond donors (Lipinski definition) is 2. The van der Waals surface area contributed by atoms with Gasteiger partial charge in [-0.05, 0) is 43.5 Å². The molecule has 21 heavy (non-hydrogen) atoms. The highest BCUT2D eigenvalue weighted by Gasteiger charge is 2.14. The number of rotatable bonds is 5. The average Bonchev–Trinajstić information content (AvgIpc) is 2.78. The van der Waals surface area contributed by atoms with Gasteiger partial charge in [-0.2, -0.15) is 0 Å². The van der Waals surface area contributed by atoms with Crippen LogP contribution in [0.4, 0.5) is 0 Å². The Morgan fingerprint density at radius 3 is 2.52 bits per heavy atom. The van der Waals surface area contributed by atoms with Crippen LogP contribution in [0.15, 0.2) is 30.3 Å². The van der Waals surface area contributed by atoms with Gasteiger partial charge in [0.25, 0.3) is 0 Å². The minimum absolute atomic E-state index is 0.0339. The molecule has 4 heteroatoms. The summed E-state index contributed by atoms with van der Waals surface area (Å²) in [5.74, 6) is 0.0339. The monoisotopic (exact) mass is 302 g/mol. The van der Waals surface area contributed by atoms with Crippen LogP contribution < -0.4 is 11.1 Å². The van der Waals surface area contributed by atoms with Gasteiger partial charge in [0.15, 0.2) is 0 Å². The van der Waals surface area contributed by atoms with E-state index >= 15 is 0 Å². The molecule has 0 radical (unpaired) electrons. The lowest BCUT2D eigenvalue weighted by atomic mass is 10.0. The van der Waals surface area contributed by atoms with Crippen molar-refractivity contribution in [1.82, 2.24) is 5.32 Å². The van der Waals surface area contributed by atoms with Gasteiger partial charge < -0.3 is 11.1 Å². The smallest absolute Gasteiger partial charge is 0.224 e. The summed E-state index contributed by atoms with van der Waals surface area (Å²) in [5.41, 5.74) is 8.95. The van der Waals surface area contributed by atoms with Gasteiger partial charge >= 0.3 is 0 Å². The Labute approximate surface area is 130 Å². The lowest BCUT2D eigenvalue weighted by Crippen LogP contribution is -2.28. The third-order valence-corrected chi connectivity index (χ3v) is 4.59. The number of hydrogen-bond acceptors (Lipinski definition) is 3. The zero-order chi connectivity index (χ0) is 15.4. The summed E-state index contributed by atoms with van der Waals surface area (Å²) in [6.45, 7) is 6.68. The van der Waals surface area contributed by atoms with Gasteiger partial charge in [-0.15, -0.1) is 11.3 Å². The summed E-state index contributed by atoms with van der Waals surface area (Å²) in [6.07, 6.45) is 0.375. The van der Waals surface area contributed by atoms with Crippen molar-refractivity contribution in [1.29, 1.82) is 0 Å². The Balaban J connectivity index is 2.03. The molecule has 0 bridgehead atoms. The molecule has 1 unspecified atom stereocenters. The third kappa shape index (κ3) is 3.93. The number of benzene rings is 1. The Hall–Kier alpha value is -1.65. The van der Waals surface area contributed by atoms with Crippen molar-refractivity contribution < 1.29 is 4.79 Å². The highest BCUT2D eigenvalue weighted by Crippen LogP contribution is 2.26. The Morgan fingerprint density at radius 2 is 1.95 bits per heavy atom. The minimum atomic E-state index is 0.0339. The van der Waals surface area contributed by atoms with E-state index < -0.39 is 0 Å². The fourth-order valence-corrected chi connectivity index (χ4v) is 3.58. The van der Waals surface area contributed by atoms with E-state index in [1.807, 2.05) is 31.2 Å². The Kier molecular flexibility index (Phi) is 5.15. The molecule has 0 spiro atoms. The zero-order valence-corrected chi connectivity index (χ0v) is 13.6. The van der Waals surface area contributed by atoms with E-state index in [4.69, 9.17) is 5.73 Å². The van der Waals surface area contributed by atoms with Gasteiger partial charge in [0, 0.05) is 16.3 Å². The molecule has 0 saturated heterocycles. The fraction of sp³-hybridized carbons (Fsp3) is 0.353. The van der Waals surface area contributed by atoms with Crippen molar-refractivity contribution in [2.75, 3.05) is 0 Å². The van der Waals surface area contributed by atoms with Crippen LogP contribution in [-0.4, -0.2) is 5.91 Å². The maximum Gasteiger partial charge on any atom is 0.224 e. The first kappa shape index (κ1) is 15.7. The number of carbonyl (C=O) groups is 1. The maximum atomic E-state index is 12.2. The molecule has 112 valence electrons. The molecular weight excluding hydrogens is 280 g/mol. The molecule has 1 aromatic heterocycles. The summed E-state index contributed by atoms with van der Waals surface area (Å²) in [7, 11) is 0. The van der Waals surface area contributed by atoms with Crippen LogP contribution >= 0.6 is 11.3 Å². The van der Waals surface area contributed by atoms with Crippen LogP contribution in [0, 0.1) is 13.8 Å². The van der Waals surface area contributed by atoms with Gasteiger partial charge in [0.1, 0.15) is 0 Å². The molecule has 1 aromatic carbocycles. The minimum Gasteiger partial charge on any atom is -0.349 e. The van der Waals surface area contributed by atoms with Crippen LogP contribution in [0.3, 0.4) is 0 Å². The number of aryl methyl sites for hydroxylation is 2. The number of nitrogens with two attached hydrogens (primary N) is 1.